The molecule has 0 fully saturated rings. The number of allylic oxidation sites excluding steroid dienone is 1. The Morgan fingerprint density at radius 1 is 1.54 bits per heavy atom. The molecule has 2 nitrogen and oxygen atoms in total. The molecule has 0 saturated carbocycles. The average molecular weight is 181 g/mol. The molecule has 1 aliphatic heterocycles. The van der Waals surface area contributed by atoms with Crippen molar-refractivity contribution in [1.82, 2.24) is 4.90 Å². The highest BCUT2D eigenvalue weighted by molar-refractivity contribution is 5.77. The van der Waals surface area contributed by atoms with E-state index in [0.29, 0.717) is 6.42 Å². The maximum Gasteiger partial charge on any atom is 0.226 e. The maximum atomic E-state index is 11.5. The molecule has 74 valence electrons. The number of rotatable bonds is 2. The van der Waals surface area contributed by atoms with Crippen LogP contribution in [0.2, 0.25) is 0 Å². The van der Waals surface area contributed by atoms with Crippen molar-refractivity contribution >= 4 is 5.91 Å². The summed E-state index contributed by atoms with van der Waals surface area (Å²) in [5, 5.41) is 0. The zero-order valence-electron chi connectivity index (χ0n) is 8.84. The van der Waals surface area contributed by atoms with E-state index in [9.17, 15) is 4.79 Å². The van der Waals surface area contributed by atoms with Gasteiger partial charge in [-0.1, -0.05) is 26.8 Å². The molecule has 1 aliphatic rings. The molecule has 0 aromatic carbocycles. The van der Waals surface area contributed by atoms with Gasteiger partial charge in [-0.15, -0.1) is 0 Å². The standard InChI is InChI=1S/C11H19NO/c1-4-5-10(13)12-8-6-11(2,3)7-9-12/h6,8H,4-5,7,9H2,1-3H3. The van der Waals surface area contributed by atoms with Gasteiger partial charge in [0, 0.05) is 19.2 Å². The first kappa shape index (κ1) is 10.3. The van der Waals surface area contributed by atoms with Crippen LogP contribution < -0.4 is 0 Å². The third-order valence-electron chi connectivity index (χ3n) is 2.49. The van der Waals surface area contributed by atoms with Crippen molar-refractivity contribution in [3.05, 3.63) is 12.3 Å². The molecule has 0 unspecified atom stereocenters. The Balaban J connectivity index is 2.53. The lowest BCUT2D eigenvalue weighted by Gasteiger charge is -2.30. The number of carbonyl (C=O) groups is 1. The van der Waals surface area contributed by atoms with Crippen LogP contribution in [0.15, 0.2) is 12.3 Å². The third kappa shape index (κ3) is 2.87. The highest BCUT2D eigenvalue weighted by Gasteiger charge is 2.22. The van der Waals surface area contributed by atoms with E-state index < -0.39 is 0 Å². The topological polar surface area (TPSA) is 20.3 Å². The fourth-order valence-corrected chi connectivity index (χ4v) is 1.42. The van der Waals surface area contributed by atoms with Crippen LogP contribution in [-0.2, 0) is 4.79 Å². The van der Waals surface area contributed by atoms with Crippen molar-refractivity contribution in [2.45, 2.75) is 40.0 Å². The van der Waals surface area contributed by atoms with Gasteiger partial charge in [-0.25, -0.2) is 0 Å². The van der Waals surface area contributed by atoms with Crippen LogP contribution in [0.25, 0.3) is 0 Å². The number of amides is 1. The average Bonchev–Trinajstić information content (AvgIpc) is 2.04. The fourth-order valence-electron chi connectivity index (χ4n) is 1.42. The SMILES string of the molecule is CCCC(=O)N1C=CC(C)(C)CC1. The molecular formula is C11H19NO. The van der Waals surface area contributed by atoms with Crippen molar-refractivity contribution in [1.29, 1.82) is 0 Å². The van der Waals surface area contributed by atoms with Crippen LogP contribution in [0.4, 0.5) is 0 Å². The summed E-state index contributed by atoms with van der Waals surface area (Å²) in [6.45, 7) is 7.31. The molecule has 0 aliphatic carbocycles. The molecule has 13 heavy (non-hydrogen) atoms. The summed E-state index contributed by atoms with van der Waals surface area (Å²) < 4.78 is 0. The van der Waals surface area contributed by atoms with E-state index in [0.717, 1.165) is 19.4 Å². The molecule has 0 aromatic rings. The number of nitrogens with zero attached hydrogens (tertiary/aromatic N) is 1. The van der Waals surface area contributed by atoms with Crippen LogP contribution in [0.3, 0.4) is 0 Å². The highest BCUT2D eigenvalue weighted by atomic mass is 16.2. The number of hydrogen-bond acceptors (Lipinski definition) is 1. The molecule has 0 radical (unpaired) electrons. The second kappa shape index (κ2) is 3.95. The first-order valence-corrected chi connectivity index (χ1v) is 5.04. The number of hydrogen-bond donors (Lipinski definition) is 0. The second-order valence-corrected chi connectivity index (χ2v) is 4.39. The summed E-state index contributed by atoms with van der Waals surface area (Å²) in [4.78, 5) is 13.3. The van der Waals surface area contributed by atoms with E-state index >= 15 is 0 Å². The molecule has 0 spiro atoms. The molecule has 2 heteroatoms. The van der Waals surface area contributed by atoms with E-state index in [-0.39, 0.29) is 11.3 Å². The minimum Gasteiger partial charge on any atom is -0.319 e. The number of carbonyl (C=O) groups excluding carboxylic acids is 1. The molecule has 1 heterocycles. The summed E-state index contributed by atoms with van der Waals surface area (Å²) >= 11 is 0. The normalized spacial score (nSPS) is 20.4. The zero-order chi connectivity index (χ0) is 9.90. The van der Waals surface area contributed by atoms with Crippen molar-refractivity contribution in [2.24, 2.45) is 5.41 Å². The predicted octanol–water partition coefficient (Wildman–Crippen LogP) is 2.56. The first-order valence-electron chi connectivity index (χ1n) is 5.04. The van der Waals surface area contributed by atoms with Crippen LogP contribution in [0.1, 0.15) is 40.0 Å². The minimum absolute atomic E-state index is 0.259. The Hall–Kier alpha value is -0.790. The summed E-state index contributed by atoms with van der Waals surface area (Å²) in [7, 11) is 0. The van der Waals surface area contributed by atoms with Gasteiger partial charge in [0.2, 0.25) is 5.91 Å². The highest BCUT2D eigenvalue weighted by Crippen LogP contribution is 2.26. The molecule has 1 rings (SSSR count). The molecular weight excluding hydrogens is 162 g/mol. The van der Waals surface area contributed by atoms with Gasteiger partial charge in [0.15, 0.2) is 0 Å². The van der Waals surface area contributed by atoms with E-state index in [1.165, 1.54) is 0 Å². The van der Waals surface area contributed by atoms with E-state index in [1.807, 2.05) is 18.0 Å². The van der Waals surface area contributed by atoms with Crippen LogP contribution in [-0.4, -0.2) is 17.4 Å². The zero-order valence-corrected chi connectivity index (χ0v) is 8.84. The Labute approximate surface area is 80.6 Å². The second-order valence-electron chi connectivity index (χ2n) is 4.39. The van der Waals surface area contributed by atoms with Crippen molar-refractivity contribution < 1.29 is 4.79 Å². The Morgan fingerprint density at radius 2 is 2.23 bits per heavy atom. The first-order chi connectivity index (χ1) is 6.05. The maximum absolute atomic E-state index is 11.5. The summed E-state index contributed by atoms with van der Waals surface area (Å²) in [6.07, 6.45) is 6.75. The van der Waals surface area contributed by atoms with Gasteiger partial charge in [0.25, 0.3) is 0 Å². The van der Waals surface area contributed by atoms with Crippen LogP contribution >= 0.6 is 0 Å². The van der Waals surface area contributed by atoms with Gasteiger partial charge in [0.05, 0.1) is 0 Å². The molecule has 0 N–H and O–H groups in total. The predicted molar refractivity (Wildman–Crippen MR) is 54.2 cm³/mol. The monoisotopic (exact) mass is 181 g/mol. The Bertz CT molecular complexity index is 218. The van der Waals surface area contributed by atoms with Crippen LogP contribution in [0.5, 0.6) is 0 Å². The molecule has 0 aromatic heterocycles. The van der Waals surface area contributed by atoms with E-state index in [2.05, 4.69) is 19.9 Å². The van der Waals surface area contributed by atoms with Gasteiger partial charge in [-0.2, -0.15) is 0 Å². The van der Waals surface area contributed by atoms with Gasteiger partial charge >= 0.3 is 0 Å². The third-order valence-corrected chi connectivity index (χ3v) is 2.49. The van der Waals surface area contributed by atoms with Gasteiger partial charge < -0.3 is 4.90 Å². The van der Waals surface area contributed by atoms with E-state index in [4.69, 9.17) is 0 Å². The molecule has 0 saturated heterocycles. The lowest BCUT2D eigenvalue weighted by atomic mass is 9.87. The van der Waals surface area contributed by atoms with Gasteiger partial charge in [-0.05, 0) is 18.3 Å². The van der Waals surface area contributed by atoms with Crippen molar-refractivity contribution in [3.63, 3.8) is 0 Å². The van der Waals surface area contributed by atoms with Gasteiger partial charge in [-0.3, -0.25) is 4.79 Å². The summed E-state index contributed by atoms with van der Waals surface area (Å²) in [6, 6.07) is 0. The molecule has 0 atom stereocenters. The molecule has 0 bridgehead atoms. The lowest BCUT2D eigenvalue weighted by molar-refractivity contribution is -0.129. The van der Waals surface area contributed by atoms with E-state index in [1.54, 1.807) is 0 Å². The van der Waals surface area contributed by atoms with Crippen molar-refractivity contribution in [2.75, 3.05) is 6.54 Å². The lowest BCUT2D eigenvalue weighted by Crippen LogP contribution is -2.32. The smallest absolute Gasteiger partial charge is 0.226 e. The fraction of sp³-hybridized carbons (Fsp3) is 0.727. The summed E-state index contributed by atoms with van der Waals surface area (Å²) in [5.41, 5.74) is 0.267. The quantitative estimate of drug-likeness (QED) is 0.641. The van der Waals surface area contributed by atoms with Crippen LogP contribution in [0, 0.1) is 5.41 Å². The van der Waals surface area contributed by atoms with Gasteiger partial charge in [0.1, 0.15) is 0 Å². The molecule has 1 amide bonds. The largest absolute Gasteiger partial charge is 0.319 e. The minimum atomic E-state index is 0.259. The Kier molecular flexibility index (Phi) is 3.12. The Morgan fingerprint density at radius 3 is 2.69 bits per heavy atom. The van der Waals surface area contributed by atoms with Crippen molar-refractivity contribution in [3.8, 4) is 0 Å². The summed E-state index contributed by atoms with van der Waals surface area (Å²) in [5.74, 6) is 0.259.